The minimum atomic E-state index is -3.46. The highest BCUT2D eigenvalue weighted by atomic mass is 32.2. The van der Waals surface area contributed by atoms with E-state index in [2.05, 4.69) is 22.1 Å². The molecule has 29 heavy (non-hydrogen) atoms. The number of amides is 1. The molecule has 7 heteroatoms. The molecule has 0 fully saturated rings. The highest BCUT2D eigenvalue weighted by Gasteiger charge is 2.15. The maximum absolute atomic E-state index is 12.1. The van der Waals surface area contributed by atoms with Crippen molar-refractivity contribution in [2.45, 2.75) is 11.3 Å². The van der Waals surface area contributed by atoms with Crippen molar-refractivity contribution in [3.63, 3.8) is 0 Å². The number of pyridine rings is 1. The van der Waals surface area contributed by atoms with E-state index in [1.54, 1.807) is 24.4 Å². The highest BCUT2D eigenvalue weighted by molar-refractivity contribution is 7.91. The smallest absolute Gasteiger partial charge is 0.221 e. The number of nitrogens with one attached hydrogen (secondary N) is 1. The lowest BCUT2D eigenvalue weighted by atomic mass is 10.2. The number of aromatic nitrogens is 1. The Morgan fingerprint density at radius 1 is 1.03 bits per heavy atom. The third-order valence-electron chi connectivity index (χ3n) is 4.09. The van der Waals surface area contributed by atoms with Gasteiger partial charge in [0.2, 0.25) is 5.91 Å². The minimum Gasteiger partial charge on any atom is -0.481 e. The van der Waals surface area contributed by atoms with Crippen LogP contribution in [0.25, 0.3) is 10.9 Å². The number of hydrogen-bond acceptors (Lipinski definition) is 5. The summed E-state index contributed by atoms with van der Waals surface area (Å²) in [6.45, 7) is 0.309. The summed E-state index contributed by atoms with van der Waals surface area (Å²) >= 11 is 0. The van der Waals surface area contributed by atoms with E-state index in [1.807, 2.05) is 30.3 Å². The molecule has 1 heterocycles. The van der Waals surface area contributed by atoms with Crippen LogP contribution in [0.3, 0.4) is 0 Å². The van der Waals surface area contributed by atoms with E-state index in [4.69, 9.17) is 4.74 Å². The van der Waals surface area contributed by atoms with Crippen molar-refractivity contribution in [2.75, 3.05) is 18.9 Å². The van der Waals surface area contributed by atoms with Crippen LogP contribution in [0.1, 0.15) is 6.42 Å². The van der Waals surface area contributed by atoms with E-state index in [9.17, 15) is 13.2 Å². The first-order chi connectivity index (χ1) is 14.0. The van der Waals surface area contributed by atoms with Gasteiger partial charge in [-0.3, -0.25) is 9.78 Å². The van der Waals surface area contributed by atoms with E-state index in [0.29, 0.717) is 5.75 Å². The molecule has 1 aromatic heterocycles. The average Bonchev–Trinajstić information content (AvgIpc) is 2.75. The molecular weight excluding hydrogens is 388 g/mol. The summed E-state index contributed by atoms with van der Waals surface area (Å²) in [5, 5.41) is 3.62. The van der Waals surface area contributed by atoms with Gasteiger partial charge < -0.3 is 10.1 Å². The summed E-state index contributed by atoms with van der Waals surface area (Å²) in [6.07, 6.45) is 1.61. The monoisotopic (exact) mass is 408 g/mol. The molecule has 0 aliphatic carbocycles. The second kappa shape index (κ2) is 9.71. The Balaban J connectivity index is 1.39. The number of benzene rings is 2. The fourth-order valence-electron chi connectivity index (χ4n) is 2.57. The lowest BCUT2D eigenvalue weighted by Gasteiger charge is -2.04. The first kappa shape index (κ1) is 20.4. The Morgan fingerprint density at radius 2 is 1.86 bits per heavy atom. The molecule has 0 aliphatic rings. The number of ether oxygens (including phenoxy) is 1. The zero-order valence-electron chi connectivity index (χ0n) is 15.7. The van der Waals surface area contributed by atoms with Crippen LogP contribution in [0, 0.1) is 11.8 Å². The maximum atomic E-state index is 12.1. The van der Waals surface area contributed by atoms with Crippen LogP contribution in [0.15, 0.2) is 71.8 Å². The molecular formula is C22H20N2O4S. The molecule has 3 aromatic rings. The van der Waals surface area contributed by atoms with E-state index in [1.165, 1.54) is 12.1 Å². The maximum Gasteiger partial charge on any atom is 0.221 e. The second-order valence-electron chi connectivity index (χ2n) is 6.16. The van der Waals surface area contributed by atoms with Gasteiger partial charge in [0.1, 0.15) is 12.4 Å². The first-order valence-corrected chi connectivity index (χ1v) is 10.7. The van der Waals surface area contributed by atoms with Crippen LogP contribution in [-0.4, -0.2) is 38.2 Å². The first-order valence-electron chi connectivity index (χ1n) is 9.02. The quantitative estimate of drug-likeness (QED) is 0.608. The number of hydrogen-bond donors (Lipinski definition) is 1. The van der Waals surface area contributed by atoms with Gasteiger partial charge in [-0.25, -0.2) is 8.42 Å². The van der Waals surface area contributed by atoms with Crippen LogP contribution in [0.4, 0.5) is 0 Å². The highest BCUT2D eigenvalue weighted by Crippen LogP contribution is 2.18. The van der Waals surface area contributed by atoms with Gasteiger partial charge in [0.25, 0.3) is 0 Å². The molecule has 0 aliphatic heterocycles. The fraction of sp³-hybridized carbons (Fsp3) is 0.182. The van der Waals surface area contributed by atoms with Crippen molar-refractivity contribution < 1.29 is 17.9 Å². The number of carbonyl (C=O) groups excluding carboxylic acids is 1. The van der Waals surface area contributed by atoms with E-state index >= 15 is 0 Å². The molecule has 0 saturated carbocycles. The summed E-state index contributed by atoms with van der Waals surface area (Å²) in [6, 6.07) is 17.5. The summed E-state index contributed by atoms with van der Waals surface area (Å²) in [7, 11) is -3.46. The second-order valence-corrected chi connectivity index (χ2v) is 8.27. The van der Waals surface area contributed by atoms with Crippen molar-refractivity contribution >= 4 is 26.6 Å². The van der Waals surface area contributed by atoms with Crippen LogP contribution in [-0.2, 0) is 14.6 Å². The molecule has 0 unspecified atom stereocenters. The molecule has 0 spiro atoms. The largest absolute Gasteiger partial charge is 0.481 e. The molecule has 0 bridgehead atoms. The normalized spacial score (nSPS) is 10.8. The lowest BCUT2D eigenvalue weighted by molar-refractivity contribution is -0.120. The Kier molecular flexibility index (Phi) is 6.82. The SMILES string of the molecule is O=C(CCS(=O)(=O)c1ccccc1)NCC#CCOc1ccc2cccnc2c1. The Hall–Kier alpha value is -3.37. The van der Waals surface area contributed by atoms with Crippen molar-refractivity contribution in [2.24, 2.45) is 0 Å². The summed E-state index contributed by atoms with van der Waals surface area (Å²) in [5.41, 5.74) is 0.843. The molecule has 3 rings (SSSR count). The number of carbonyl (C=O) groups is 1. The van der Waals surface area contributed by atoms with Crippen molar-refractivity contribution in [1.82, 2.24) is 10.3 Å². The molecule has 6 nitrogen and oxygen atoms in total. The Morgan fingerprint density at radius 3 is 2.69 bits per heavy atom. The van der Waals surface area contributed by atoms with Gasteiger partial charge >= 0.3 is 0 Å². The number of rotatable bonds is 7. The minimum absolute atomic E-state index is 0.112. The topological polar surface area (TPSA) is 85.4 Å². The third kappa shape index (κ3) is 6.06. The summed E-state index contributed by atoms with van der Waals surface area (Å²) < 4.78 is 29.8. The fourth-order valence-corrected chi connectivity index (χ4v) is 3.83. The summed E-state index contributed by atoms with van der Waals surface area (Å²) in [4.78, 5) is 16.3. The van der Waals surface area contributed by atoms with Crippen LogP contribution in [0.2, 0.25) is 0 Å². The van der Waals surface area contributed by atoms with Gasteiger partial charge in [0.15, 0.2) is 9.84 Å². The van der Waals surface area contributed by atoms with Crippen molar-refractivity contribution in [1.29, 1.82) is 0 Å². The zero-order valence-corrected chi connectivity index (χ0v) is 16.5. The van der Waals surface area contributed by atoms with Crippen LogP contribution >= 0.6 is 0 Å². The third-order valence-corrected chi connectivity index (χ3v) is 5.82. The van der Waals surface area contributed by atoms with Crippen LogP contribution < -0.4 is 10.1 Å². The Labute approximate surface area is 169 Å². The van der Waals surface area contributed by atoms with Gasteiger partial charge in [-0.15, -0.1) is 0 Å². The number of fused-ring (bicyclic) bond motifs is 1. The van der Waals surface area contributed by atoms with Gasteiger partial charge in [0.05, 0.1) is 22.7 Å². The van der Waals surface area contributed by atoms with E-state index < -0.39 is 9.84 Å². The molecule has 2 aromatic carbocycles. The lowest BCUT2D eigenvalue weighted by Crippen LogP contribution is -2.26. The summed E-state index contributed by atoms with van der Waals surface area (Å²) in [5.74, 6) is 5.66. The number of sulfone groups is 1. The van der Waals surface area contributed by atoms with Gasteiger partial charge in [-0.05, 0) is 30.3 Å². The molecule has 0 saturated heterocycles. The average molecular weight is 408 g/mol. The van der Waals surface area contributed by atoms with Crippen molar-refractivity contribution in [3.05, 3.63) is 66.9 Å². The van der Waals surface area contributed by atoms with Gasteiger partial charge in [-0.2, -0.15) is 0 Å². The molecule has 1 amide bonds. The molecule has 0 radical (unpaired) electrons. The standard InChI is InChI=1S/C22H20N2O4S/c25-22(12-16-29(26,27)20-8-2-1-3-9-20)24-13-4-5-15-28-19-11-10-18-7-6-14-23-21(18)17-19/h1-3,6-11,14,17H,12-13,15-16H2,(H,24,25). The van der Waals surface area contributed by atoms with E-state index in [-0.39, 0.29) is 36.1 Å². The van der Waals surface area contributed by atoms with Crippen molar-refractivity contribution in [3.8, 4) is 17.6 Å². The zero-order chi connectivity index (χ0) is 20.5. The van der Waals surface area contributed by atoms with E-state index in [0.717, 1.165) is 10.9 Å². The molecule has 148 valence electrons. The predicted molar refractivity (Wildman–Crippen MR) is 111 cm³/mol. The predicted octanol–water partition coefficient (Wildman–Crippen LogP) is 2.60. The van der Waals surface area contributed by atoms with Crippen LogP contribution in [0.5, 0.6) is 5.75 Å². The molecule has 0 atom stereocenters. The molecule has 1 N–H and O–H groups in total. The number of nitrogens with zero attached hydrogens (tertiary/aromatic N) is 1. The Bertz CT molecular complexity index is 1150. The van der Waals surface area contributed by atoms with Gasteiger partial charge in [0, 0.05) is 24.1 Å². The van der Waals surface area contributed by atoms with Gasteiger partial charge in [-0.1, -0.05) is 36.1 Å².